The Bertz CT molecular complexity index is 652. The van der Waals surface area contributed by atoms with Gasteiger partial charge in [-0.2, -0.15) is 0 Å². The average molecular weight is 269 g/mol. The third-order valence-electron chi connectivity index (χ3n) is 4.12. The van der Waals surface area contributed by atoms with Crippen molar-refractivity contribution in [3.8, 4) is 0 Å². The van der Waals surface area contributed by atoms with Crippen LogP contribution in [0, 0.1) is 5.82 Å². The molecule has 1 saturated carbocycles. The second-order valence-corrected chi connectivity index (χ2v) is 5.65. The standard InChI is InChI=1S/C16H16FN3/c17-12-4-5-13-11(9-12)3-6-14(13)19-15-7-8-18-16(20-15)10-1-2-10/h4-5,7-10,14H,1-3,6H2,(H,18,19,20). The van der Waals surface area contributed by atoms with E-state index in [1.807, 2.05) is 18.3 Å². The predicted octanol–water partition coefficient (Wildman–Crippen LogP) is 3.59. The molecule has 3 nitrogen and oxygen atoms in total. The zero-order chi connectivity index (χ0) is 13.5. The molecule has 1 N–H and O–H groups in total. The molecule has 0 aliphatic heterocycles. The highest BCUT2D eigenvalue weighted by Gasteiger charge is 2.27. The summed E-state index contributed by atoms with van der Waals surface area (Å²) in [6.45, 7) is 0. The summed E-state index contributed by atoms with van der Waals surface area (Å²) in [5.74, 6) is 2.24. The zero-order valence-corrected chi connectivity index (χ0v) is 11.1. The highest BCUT2D eigenvalue weighted by molar-refractivity contribution is 5.43. The highest BCUT2D eigenvalue weighted by Crippen LogP contribution is 2.38. The quantitative estimate of drug-likeness (QED) is 0.925. The van der Waals surface area contributed by atoms with E-state index < -0.39 is 0 Å². The van der Waals surface area contributed by atoms with Gasteiger partial charge in [-0.1, -0.05) is 6.07 Å². The minimum Gasteiger partial charge on any atom is -0.363 e. The van der Waals surface area contributed by atoms with E-state index >= 15 is 0 Å². The first-order valence-electron chi connectivity index (χ1n) is 7.17. The number of hydrogen-bond donors (Lipinski definition) is 1. The summed E-state index contributed by atoms with van der Waals surface area (Å²) in [6, 6.07) is 7.21. The lowest BCUT2D eigenvalue weighted by molar-refractivity contribution is 0.626. The smallest absolute Gasteiger partial charge is 0.133 e. The Hall–Kier alpha value is -1.97. The summed E-state index contributed by atoms with van der Waals surface area (Å²) >= 11 is 0. The van der Waals surface area contributed by atoms with Crippen molar-refractivity contribution in [2.75, 3.05) is 5.32 Å². The van der Waals surface area contributed by atoms with Crippen LogP contribution >= 0.6 is 0 Å². The molecule has 0 radical (unpaired) electrons. The maximum Gasteiger partial charge on any atom is 0.133 e. The molecule has 2 aliphatic carbocycles. The van der Waals surface area contributed by atoms with Gasteiger partial charge in [0.15, 0.2) is 0 Å². The highest BCUT2D eigenvalue weighted by atomic mass is 19.1. The molecular weight excluding hydrogens is 253 g/mol. The van der Waals surface area contributed by atoms with Gasteiger partial charge in [0.2, 0.25) is 0 Å². The number of anilines is 1. The molecule has 0 bridgehead atoms. The molecule has 1 aromatic heterocycles. The maximum absolute atomic E-state index is 13.2. The summed E-state index contributed by atoms with van der Waals surface area (Å²) in [6.07, 6.45) is 6.14. The summed E-state index contributed by atoms with van der Waals surface area (Å²) < 4.78 is 13.2. The van der Waals surface area contributed by atoms with E-state index in [1.165, 1.54) is 24.5 Å². The van der Waals surface area contributed by atoms with Crippen LogP contribution in [-0.4, -0.2) is 9.97 Å². The van der Waals surface area contributed by atoms with Crippen molar-refractivity contribution in [3.05, 3.63) is 53.2 Å². The zero-order valence-electron chi connectivity index (χ0n) is 11.1. The van der Waals surface area contributed by atoms with Gasteiger partial charge in [-0.15, -0.1) is 0 Å². The van der Waals surface area contributed by atoms with E-state index in [0.717, 1.165) is 30.0 Å². The molecule has 20 heavy (non-hydrogen) atoms. The van der Waals surface area contributed by atoms with Crippen molar-refractivity contribution in [2.24, 2.45) is 0 Å². The van der Waals surface area contributed by atoms with Crippen LogP contribution in [0.25, 0.3) is 0 Å². The van der Waals surface area contributed by atoms with Crippen LogP contribution in [0.3, 0.4) is 0 Å². The van der Waals surface area contributed by atoms with Crippen LogP contribution in [0.1, 0.15) is 48.2 Å². The molecule has 4 rings (SSSR count). The Morgan fingerprint density at radius 3 is 2.90 bits per heavy atom. The van der Waals surface area contributed by atoms with E-state index in [0.29, 0.717) is 5.92 Å². The molecule has 1 unspecified atom stereocenters. The molecular formula is C16H16FN3. The number of hydrogen-bond acceptors (Lipinski definition) is 3. The summed E-state index contributed by atoms with van der Waals surface area (Å²) in [5, 5.41) is 3.47. The van der Waals surface area contributed by atoms with Crippen molar-refractivity contribution >= 4 is 5.82 Å². The Morgan fingerprint density at radius 2 is 2.05 bits per heavy atom. The van der Waals surface area contributed by atoms with Crippen LogP contribution in [0.2, 0.25) is 0 Å². The maximum atomic E-state index is 13.2. The second-order valence-electron chi connectivity index (χ2n) is 5.65. The van der Waals surface area contributed by atoms with Gasteiger partial charge < -0.3 is 5.32 Å². The lowest BCUT2D eigenvalue weighted by atomic mass is 10.1. The molecule has 1 heterocycles. The van der Waals surface area contributed by atoms with Gasteiger partial charge in [-0.25, -0.2) is 14.4 Å². The third-order valence-corrected chi connectivity index (χ3v) is 4.12. The Kier molecular flexibility index (Phi) is 2.69. The second kappa shape index (κ2) is 4.54. The molecule has 2 aliphatic rings. The van der Waals surface area contributed by atoms with Crippen LogP contribution in [-0.2, 0) is 6.42 Å². The number of halogens is 1. The summed E-state index contributed by atoms with van der Waals surface area (Å²) in [5.41, 5.74) is 2.30. The lowest BCUT2D eigenvalue weighted by Gasteiger charge is -2.15. The number of rotatable bonds is 3. The summed E-state index contributed by atoms with van der Waals surface area (Å²) in [4.78, 5) is 8.92. The lowest BCUT2D eigenvalue weighted by Crippen LogP contribution is -2.09. The van der Waals surface area contributed by atoms with Crippen LogP contribution < -0.4 is 5.32 Å². The van der Waals surface area contributed by atoms with E-state index in [9.17, 15) is 4.39 Å². The monoisotopic (exact) mass is 269 g/mol. The molecule has 2 aromatic rings. The summed E-state index contributed by atoms with van der Waals surface area (Å²) in [7, 11) is 0. The van der Waals surface area contributed by atoms with Crippen LogP contribution in [0.5, 0.6) is 0 Å². The number of aryl methyl sites for hydroxylation is 1. The van der Waals surface area contributed by atoms with Crippen molar-refractivity contribution in [2.45, 2.75) is 37.6 Å². The normalized spacial score (nSPS) is 20.8. The van der Waals surface area contributed by atoms with Gasteiger partial charge in [0.05, 0.1) is 6.04 Å². The largest absolute Gasteiger partial charge is 0.363 e. The van der Waals surface area contributed by atoms with Crippen molar-refractivity contribution < 1.29 is 4.39 Å². The molecule has 1 aromatic carbocycles. The average Bonchev–Trinajstić information content (AvgIpc) is 3.23. The van der Waals surface area contributed by atoms with Crippen molar-refractivity contribution in [1.29, 1.82) is 0 Å². The number of benzene rings is 1. The SMILES string of the molecule is Fc1ccc2c(c1)CCC2Nc1ccnc(C2CC2)n1. The minimum atomic E-state index is -0.151. The van der Waals surface area contributed by atoms with Gasteiger partial charge in [-0.05, 0) is 55.0 Å². The fourth-order valence-corrected chi connectivity index (χ4v) is 2.91. The molecule has 0 amide bonds. The molecule has 0 spiro atoms. The fourth-order valence-electron chi connectivity index (χ4n) is 2.91. The van der Waals surface area contributed by atoms with Gasteiger partial charge in [0, 0.05) is 12.1 Å². The Morgan fingerprint density at radius 1 is 1.15 bits per heavy atom. The number of aromatic nitrogens is 2. The molecule has 102 valence electrons. The number of nitrogens with one attached hydrogen (secondary N) is 1. The fraction of sp³-hybridized carbons (Fsp3) is 0.375. The van der Waals surface area contributed by atoms with Crippen molar-refractivity contribution in [3.63, 3.8) is 0 Å². The minimum absolute atomic E-state index is 0.151. The van der Waals surface area contributed by atoms with Gasteiger partial charge in [-0.3, -0.25) is 0 Å². The molecule has 0 saturated heterocycles. The first-order valence-corrected chi connectivity index (χ1v) is 7.17. The molecule has 1 fully saturated rings. The molecule has 4 heteroatoms. The first kappa shape index (κ1) is 11.8. The Balaban J connectivity index is 1.57. The van der Waals surface area contributed by atoms with E-state index in [4.69, 9.17) is 0 Å². The van der Waals surface area contributed by atoms with E-state index in [1.54, 1.807) is 6.07 Å². The molecule has 1 atom stereocenters. The van der Waals surface area contributed by atoms with Crippen LogP contribution in [0.15, 0.2) is 30.5 Å². The number of fused-ring (bicyclic) bond motifs is 1. The van der Waals surface area contributed by atoms with E-state index in [2.05, 4.69) is 15.3 Å². The topological polar surface area (TPSA) is 37.8 Å². The predicted molar refractivity (Wildman–Crippen MR) is 75.1 cm³/mol. The van der Waals surface area contributed by atoms with Crippen molar-refractivity contribution in [1.82, 2.24) is 9.97 Å². The first-order chi connectivity index (χ1) is 9.79. The third kappa shape index (κ3) is 2.15. The van der Waals surface area contributed by atoms with Crippen LogP contribution in [0.4, 0.5) is 10.2 Å². The van der Waals surface area contributed by atoms with Gasteiger partial charge in [0.25, 0.3) is 0 Å². The number of nitrogens with zero attached hydrogens (tertiary/aromatic N) is 2. The van der Waals surface area contributed by atoms with Gasteiger partial charge >= 0.3 is 0 Å². The van der Waals surface area contributed by atoms with E-state index in [-0.39, 0.29) is 11.9 Å². The Labute approximate surface area is 117 Å². The van der Waals surface area contributed by atoms with Gasteiger partial charge in [0.1, 0.15) is 17.5 Å².